The van der Waals surface area contributed by atoms with E-state index in [2.05, 4.69) is 28.0 Å². The van der Waals surface area contributed by atoms with Gasteiger partial charge in [0.15, 0.2) is 5.75 Å². The average molecular weight is 394 g/mol. The number of pyridine rings is 1. The number of fused-ring (bicyclic) bond motifs is 3. The topological polar surface area (TPSA) is 37.8 Å². The Balaban J connectivity index is 1.36. The summed E-state index contributed by atoms with van der Waals surface area (Å²) in [5.74, 6) is 0.986. The third-order valence-corrected chi connectivity index (χ3v) is 6.43. The monoisotopic (exact) mass is 393 g/mol. The number of hydrogen-bond acceptors (Lipinski definition) is 5. The molecule has 0 radical (unpaired) electrons. The third-order valence-electron chi connectivity index (χ3n) is 6.43. The molecule has 0 unspecified atom stereocenters. The van der Waals surface area contributed by atoms with Gasteiger partial charge in [-0.2, -0.15) is 0 Å². The molecule has 1 fully saturated rings. The lowest BCUT2D eigenvalue weighted by Gasteiger charge is -2.31. The zero-order valence-electron chi connectivity index (χ0n) is 17.2. The Morgan fingerprint density at radius 3 is 2.90 bits per heavy atom. The molecule has 5 nitrogen and oxygen atoms in total. The summed E-state index contributed by atoms with van der Waals surface area (Å²) in [5.41, 5.74) is 5.29. The zero-order valence-corrected chi connectivity index (χ0v) is 17.2. The largest absolute Gasteiger partial charge is 0.475 e. The van der Waals surface area contributed by atoms with E-state index in [1.165, 1.54) is 48.6 Å². The van der Waals surface area contributed by atoms with Crippen molar-refractivity contribution in [3.05, 3.63) is 47.2 Å². The molecule has 0 atom stereocenters. The van der Waals surface area contributed by atoms with Gasteiger partial charge < -0.3 is 9.47 Å². The second-order valence-corrected chi connectivity index (χ2v) is 8.50. The number of hydrogen-bond donors (Lipinski definition) is 0. The van der Waals surface area contributed by atoms with Crippen LogP contribution in [0.3, 0.4) is 0 Å². The highest BCUT2D eigenvalue weighted by molar-refractivity contribution is 5.89. The summed E-state index contributed by atoms with van der Waals surface area (Å²) in [5, 5.41) is 1.22. The van der Waals surface area contributed by atoms with Crippen LogP contribution in [0.5, 0.6) is 5.75 Å². The molecule has 3 heterocycles. The Hall–Kier alpha value is -1.95. The minimum absolute atomic E-state index is 0.661. The molecule has 154 valence electrons. The Bertz CT molecular complexity index is 889. The van der Waals surface area contributed by atoms with Crippen molar-refractivity contribution >= 4 is 10.9 Å². The van der Waals surface area contributed by atoms with Crippen LogP contribution in [0.15, 0.2) is 36.0 Å². The van der Waals surface area contributed by atoms with Gasteiger partial charge in [-0.3, -0.25) is 14.8 Å². The van der Waals surface area contributed by atoms with Crippen LogP contribution in [-0.4, -0.2) is 54.4 Å². The number of allylic oxidation sites excluding steroid dienone is 1. The first-order chi connectivity index (χ1) is 14.4. The normalized spacial score (nSPS) is 20.9. The first-order valence-corrected chi connectivity index (χ1v) is 11.1. The fourth-order valence-corrected chi connectivity index (χ4v) is 4.78. The summed E-state index contributed by atoms with van der Waals surface area (Å²) in [7, 11) is 0. The van der Waals surface area contributed by atoms with E-state index in [0.29, 0.717) is 6.73 Å². The van der Waals surface area contributed by atoms with E-state index in [1.54, 1.807) is 5.57 Å². The fourth-order valence-electron chi connectivity index (χ4n) is 4.78. The van der Waals surface area contributed by atoms with E-state index in [4.69, 9.17) is 14.5 Å². The molecule has 1 aromatic heterocycles. The summed E-state index contributed by atoms with van der Waals surface area (Å²) in [6.45, 7) is 7.28. The highest BCUT2D eigenvalue weighted by Gasteiger charge is 2.23. The number of benzene rings is 1. The first kappa shape index (κ1) is 19.0. The summed E-state index contributed by atoms with van der Waals surface area (Å²) in [4.78, 5) is 9.61. The second-order valence-electron chi connectivity index (χ2n) is 8.50. The van der Waals surface area contributed by atoms with E-state index in [1.807, 2.05) is 12.3 Å². The molecule has 29 heavy (non-hydrogen) atoms. The maximum Gasteiger partial charge on any atom is 0.152 e. The molecular formula is C24H31N3O2. The van der Waals surface area contributed by atoms with Crippen LogP contribution in [-0.2, 0) is 17.8 Å². The van der Waals surface area contributed by atoms with Crippen molar-refractivity contribution in [3.63, 3.8) is 0 Å². The fraction of sp³-hybridized carbons (Fsp3) is 0.542. The van der Waals surface area contributed by atoms with Gasteiger partial charge in [-0.05, 0) is 49.8 Å². The molecule has 1 saturated heterocycles. The molecule has 0 amide bonds. The van der Waals surface area contributed by atoms with Gasteiger partial charge in [-0.15, -0.1) is 0 Å². The maximum atomic E-state index is 6.24. The van der Waals surface area contributed by atoms with Gasteiger partial charge in [-0.1, -0.05) is 17.7 Å². The number of morpholine rings is 1. The van der Waals surface area contributed by atoms with Crippen molar-refractivity contribution in [2.45, 2.75) is 45.2 Å². The lowest BCUT2D eigenvalue weighted by molar-refractivity contribution is 0.0343. The number of rotatable bonds is 5. The lowest BCUT2D eigenvalue weighted by Crippen LogP contribution is -2.36. The van der Waals surface area contributed by atoms with Gasteiger partial charge in [0.1, 0.15) is 12.2 Å². The van der Waals surface area contributed by atoms with Crippen LogP contribution in [0.25, 0.3) is 10.9 Å². The molecule has 5 rings (SSSR count). The van der Waals surface area contributed by atoms with Crippen LogP contribution in [0, 0.1) is 0 Å². The predicted molar refractivity (Wildman–Crippen MR) is 115 cm³/mol. The van der Waals surface area contributed by atoms with Crippen LogP contribution in [0.4, 0.5) is 0 Å². The van der Waals surface area contributed by atoms with E-state index in [0.717, 1.165) is 57.2 Å². The van der Waals surface area contributed by atoms with Crippen molar-refractivity contribution in [2.75, 3.05) is 39.6 Å². The van der Waals surface area contributed by atoms with Gasteiger partial charge in [0.2, 0.25) is 0 Å². The molecule has 0 N–H and O–H groups in total. The SMILES string of the molecule is C1=C(CCN2COc3c(cc(CN4CCOCC4)c4cccnc34)C2)CCCC1. The lowest BCUT2D eigenvalue weighted by atomic mass is 9.97. The highest BCUT2D eigenvalue weighted by Crippen LogP contribution is 2.35. The molecule has 3 aliphatic rings. The van der Waals surface area contributed by atoms with Crippen LogP contribution < -0.4 is 4.74 Å². The van der Waals surface area contributed by atoms with Crippen molar-refractivity contribution in [1.29, 1.82) is 0 Å². The van der Waals surface area contributed by atoms with E-state index in [-0.39, 0.29) is 0 Å². The molecule has 2 aromatic rings. The Kier molecular flexibility index (Phi) is 5.79. The molecule has 0 saturated carbocycles. The predicted octanol–water partition coefficient (Wildman–Crippen LogP) is 4.11. The molecule has 0 spiro atoms. The van der Waals surface area contributed by atoms with Crippen molar-refractivity contribution < 1.29 is 9.47 Å². The van der Waals surface area contributed by atoms with Gasteiger partial charge >= 0.3 is 0 Å². The van der Waals surface area contributed by atoms with Crippen LogP contribution in [0.2, 0.25) is 0 Å². The molecule has 1 aromatic carbocycles. The molecule has 0 bridgehead atoms. The molecular weight excluding hydrogens is 362 g/mol. The highest BCUT2D eigenvalue weighted by atomic mass is 16.5. The zero-order chi connectivity index (χ0) is 19.5. The quantitative estimate of drug-likeness (QED) is 0.715. The summed E-state index contributed by atoms with van der Waals surface area (Å²) in [6, 6.07) is 6.58. The Labute approximate surface area is 173 Å². The van der Waals surface area contributed by atoms with E-state index < -0.39 is 0 Å². The standard InChI is InChI=1S/C24H31N3O2/c1-2-5-19(6-3-1)8-10-27-17-21-15-20(16-26-11-13-28-14-12-26)22-7-4-9-25-23(22)24(21)29-18-27/h4-5,7,9,15H,1-3,6,8,10-14,16-18H2. The smallest absolute Gasteiger partial charge is 0.152 e. The Morgan fingerprint density at radius 1 is 1.10 bits per heavy atom. The van der Waals surface area contributed by atoms with Crippen LogP contribution in [0.1, 0.15) is 43.2 Å². The molecule has 2 aliphatic heterocycles. The van der Waals surface area contributed by atoms with Crippen molar-refractivity contribution in [2.24, 2.45) is 0 Å². The maximum absolute atomic E-state index is 6.24. The van der Waals surface area contributed by atoms with Crippen molar-refractivity contribution in [1.82, 2.24) is 14.8 Å². The summed E-state index contributed by atoms with van der Waals surface area (Å²) < 4.78 is 11.8. The minimum Gasteiger partial charge on any atom is -0.475 e. The number of aromatic nitrogens is 1. The molecule has 1 aliphatic carbocycles. The van der Waals surface area contributed by atoms with E-state index in [9.17, 15) is 0 Å². The van der Waals surface area contributed by atoms with E-state index >= 15 is 0 Å². The second kappa shape index (κ2) is 8.82. The van der Waals surface area contributed by atoms with Gasteiger partial charge in [0, 0.05) is 49.9 Å². The van der Waals surface area contributed by atoms with Crippen LogP contribution >= 0.6 is 0 Å². The summed E-state index contributed by atoms with van der Waals surface area (Å²) >= 11 is 0. The number of ether oxygens (including phenoxy) is 2. The van der Waals surface area contributed by atoms with Gasteiger partial charge in [0.25, 0.3) is 0 Å². The summed E-state index contributed by atoms with van der Waals surface area (Å²) in [6.07, 6.45) is 10.8. The van der Waals surface area contributed by atoms with Crippen molar-refractivity contribution in [3.8, 4) is 5.75 Å². The Morgan fingerprint density at radius 2 is 2.03 bits per heavy atom. The third kappa shape index (κ3) is 4.32. The first-order valence-electron chi connectivity index (χ1n) is 11.1. The number of nitrogens with zero attached hydrogens (tertiary/aromatic N) is 3. The molecule has 5 heteroatoms. The average Bonchev–Trinajstić information content (AvgIpc) is 2.79. The van der Waals surface area contributed by atoms with Gasteiger partial charge in [0.05, 0.1) is 13.2 Å². The minimum atomic E-state index is 0.661. The van der Waals surface area contributed by atoms with Gasteiger partial charge in [-0.25, -0.2) is 0 Å².